The lowest BCUT2D eigenvalue weighted by Crippen LogP contribution is -1.88. The molecule has 0 amide bonds. The fourth-order valence-electron chi connectivity index (χ4n) is 1.59. The molecular weight excluding hydrogens is 268 g/mol. The maximum Gasteiger partial charge on any atom is 0.174 e. The van der Waals surface area contributed by atoms with E-state index in [1.165, 1.54) is 0 Å². The second kappa shape index (κ2) is 5.08. The van der Waals surface area contributed by atoms with E-state index in [0.29, 0.717) is 5.57 Å². The van der Waals surface area contributed by atoms with Crippen molar-refractivity contribution in [3.63, 3.8) is 0 Å². The molecule has 0 bridgehead atoms. The van der Waals surface area contributed by atoms with E-state index in [1.807, 2.05) is 60.7 Å². The van der Waals surface area contributed by atoms with Crippen LogP contribution in [0.4, 0.5) is 4.39 Å². The highest BCUT2D eigenvalue weighted by Crippen LogP contribution is 2.30. The lowest BCUT2D eigenvalue weighted by atomic mass is 10.0. The van der Waals surface area contributed by atoms with Gasteiger partial charge in [-0.3, -0.25) is 0 Å². The third-order valence-electron chi connectivity index (χ3n) is 2.31. The predicted molar refractivity (Wildman–Crippen MR) is 68.9 cm³/mol. The van der Waals surface area contributed by atoms with Crippen molar-refractivity contribution in [1.82, 2.24) is 0 Å². The summed E-state index contributed by atoms with van der Waals surface area (Å²) in [5.41, 5.74) is 2.31. The minimum absolute atomic E-state index is 0.343. The van der Waals surface area contributed by atoms with Gasteiger partial charge in [-0.1, -0.05) is 60.7 Å². The summed E-state index contributed by atoms with van der Waals surface area (Å²) in [5.74, 6) is 0. The molecule has 16 heavy (non-hydrogen) atoms. The van der Waals surface area contributed by atoms with Crippen LogP contribution in [-0.4, -0.2) is 0 Å². The van der Waals surface area contributed by atoms with Crippen molar-refractivity contribution in [1.29, 1.82) is 0 Å². The third kappa shape index (κ3) is 2.39. The van der Waals surface area contributed by atoms with Crippen LogP contribution in [0.1, 0.15) is 11.1 Å². The molecule has 0 unspecified atom stereocenters. The topological polar surface area (TPSA) is 0 Å². The molecule has 0 atom stereocenters. The average Bonchev–Trinajstić information content (AvgIpc) is 2.31. The standard InChI is InChI=1S/C14H10BrF/c15-14(16)13(11-7-3-1-4-8-11)12-9-5-2-6-10-12/h1-10H/i14+1. The number of halogens is 2. The maximum absolute atomic E-state index is 13.5. The average molecular weight is 278 g/mol. The van der Waals surface area contributed by atoms with Crippen LogP contribution in [0.2, 0.25) is 0 Å². The van der Waals surface area contributed by atoms with E-state index in [1.54, 1.807) is 0 Å². The molecule has 0 aliphatic carbocycles. The summed E-state index contributed by atoms with van der Waals surface area (Å²) >= 11 is 2.93. The quantitative estimate of drug-likeness (QED) is 0.694. The van der Waals surface area contributed by atoms with Gasteiger partial charge in [-0.2, -0.15) is 4.39 Å². The fraction of sp³-hybridized carbons (Fsp3) is 0. The van der Waals surface area contributed by atoms with Gasteiger partial charge in [0.2, 0.25) is 0 Å². The molecule has 2 rings (SSSR count). The third-order valence-corrected chi connectivity index (χ3v) is 2.71. The van der Waals surface area contributed by atoms with Crippen molar-refractivity contribution in [2.45, 2.75) is 0 Å². The van der Waals surface area contributed by atoms with E-state index in [4.69, 9.17) is 0 Å². The van der Waals surface area contributed by atoms with Crippen molar-refractivity contribution in [2.24, 2.45) is 0 Å². The summed E-state index contributed by atoms with van der Waals surface area (Å²) in [6, 6.07) is 19.0. The Morgan fingerprint density at radius 2 is 1.12 bits per heavy atom. The Kier molecular flexibility index (Phi) is 3.52. The lowest BCUT2D eigenvalue weighted by molar-refractivity contribution is 0.708. The molecule has 2 aromatic rings. The Hall–Kier alpha value is -1.41. The summed E-state index contributed by atoms with van der Waals surface area (Å²) in [6.45, 7) is 0. The van der Waals surface area contributed by atoms with Gasteiger partial charge in [0.15, 0.2) is 4.74 Å². The second-order valence-corrected chi connectivity index (χ2v) is 4.06. The van der Waals surface area contributed by atoms with Crippen molar-refractivity contribution in [3.05, 3.63) is 76.5 Å². The van der Waals surface area contributed by atoms with Crippen molar-refractivity contribution in [3.8, 4) is 0 Å². The van der Waals surface area contributed by atoms with Gasteiger partial charge < -0.3 is 0 Å². The Balaban J connectivity index is 2.54. The van der Waals surface area contributed by atoms with Crippen molar-refractivity contribution < 1.29 is 4.39 Å². The van der Waals surface area contributed by atoms with Gasteiger partial charge >= 0.3 is 0 Å². The summed E-state index contributed by atoms with van der Waals surface area (Å²) in [4.78, 5) is 0. The first-order valence-corrected chi connectivity index (χ1v) is 5.74. The molecule has 2 heteroatoms. The largest absolute Gasteiger partial charge is 0.198 e. The minimum atomic E-state index is -0.343. The van der Waals surface area contributed by atoms with Gasteiger partial charge in [0, 0.05) is 5.57 Å². The molecule has 0 spiro atoms. The Bertz CT molecular complexity index is 443. The normalized spacial score (nSPS) is 9.88. The highest BCUT2D eigenvalue weighted by molar-refractivity contribution is 9.11. The van der Waals surface area contributed by atoms with E-state index >= 15 is 0 Å². The van der Waals surface area contributed by atoms with Crippen LogP contribution in [0, 0.1) is 0 Å². The van der Waals surface area contributed by atoms with Gasteiger partial charge in [-0.25, -0.2) is 0 Å². The first kappa shape index (κ1) is 11.1. The van der Waals surface area contributed by atoms with E-state index in [2.05, 4.69) is 15.9 Å². The molecule has 0 aliphatic rings. The molecule has 0 N–H and O–H groups in total. The summed E-state index contributed by atoms with van der Waals surface area (Å²) in [6.07, 6.45) is 0. The van der Waals surface area contributed by atoms with Gasteiger partial charge in [0.05, 0.1) is 0 Å². The van der Waals surface area contributed by atoms with Gasteiger partial charge in [-0.15, -0.1) is 0 Å². The van der Waals surface area contributed by atoms with E-state index in [0.717, 1.165) is 11.1 Å². The van der Waals surface area contributed by atoms with E-state index in [-0.39, 0.29) is 4.74 Å². The minimum Gasteiger partial charge on any atom is -0.198 e. The van der Waals surface area contributed by atoms with Crippen LogP contribution in [0.25, 0.3) is 5.57 Å². The zero-order valence-corrected chi connectivity index (χ0v) is 10.1. The monoisotopic (exact) mass is 277 g/mol. The predicted octanol–water partition coefficient (Wildman–Crippen LogP) is 4.77. The zero-order chi connectivity index (χ0) is 11.4. The molecule has 0 saturated heterocycles. The molecule has 0 radical (unpaired) electrons. The number of benzene rings is 2. The SMILES string of the molecule is F[13C](Br)=C(c1ccccc1)c1ccccc1. The first-order valence-electron chi connectivity index (χ1n) is 4.95. The van der Waals surface area contributed by atoms with Crippen molar-refractivity contribution in [2.75, 3.05) is 0 Å². The Labute approximate surface area is 103 Å². The molecule has 0 fully saturated rings. The Morgan fingerprint density at radius 3 is 1.44 bits per heavy atom. The molecule has 2 aromatic carbocycles. The first-order chi connectivity index (χ1) is 7.79. The summed E-state index contributed by atoms with van der Waals surface area (Å²) in [7, 11) is 0. The van der Waals surface area contributed by atoms with Gasteiger partial charge in [0.1, 0.15) is 0 Å². The van der Waals surface area contributed by atoms with E-state index < -0.39 is 0 Å². The summed E-state index contributed by atoms with van der Waals surface area (Å²) in [5, 5.41) is 0. The second-order valence-electron chi connectivity index (χ2n) is 3.37. The zero-order valence-electron chi connectivity index (χ0n) is 8.53. The highest BCUT2D eigenvalue weighted by Gasteiger charge is 2.08. The maximum atomic E-state index is 13.5. The van der Waals surface area contributed by atoms with Crippen LogP contribution in [0.5, 0.6) is 0 Å². The van der Waals surface area contributed by atoms with Crippen LogP contribution < -0.4 is 0 Å². The molecule has 0 nitrogen and oxygen atoms in total. The van der Waals surface area contributed by atoms with Gasteiger partial charge in [0.25, 0.3) is 0 Å². The molecule has 80 valence electrons. The van der Waals surface area contributed by atoms with Crippen LogP contribution in [0.15, 0.2) is 65.4 Å². The molecule has 0 aromatic heterocycles. The van der Waals surface area contributed by atoms with E-state index in [9.17, 15) is 4.39 Å². The van der Waals surface area contributed by atoms with Crippen LogP contribution in [0.3, 0.4) is 0 Å². The summed E-state index contributed by atoms with van der Waals surface area (Å²) < 4.78 is 13.2. The molecular formula is C14H10BrF. The van der Waals surface area contributed by atoms with Crippen molar-refractivity contribution >= 4 is 21.5 Å². The fourth-order valence-corrected chi connectivity index (χ4v) is 2.05. The van der Waals surface area contributed by atoms with Gasteiger partial charge in [-0.05, 0) is 27.1 Å². The van der Waals surface area contributed by atoms with Crippen LogP contribution in [-0.2, 0) is 0 Å². The van der Waals surface area contributed by atoms with Crippen LogP contribution >= 0.6 is 15.9 Å². The number of hydrogen-bond acceptors (Lipinski definition) is 0. The lowest BCUT2D eigenvalue weighted by Gasteiger charge is -2.07. The molecule has 0 heterocycles. The number of rotatable bonds is 2. The number of hydrogen-bond donors (Lipinski definition) is 0. The highest BCUT2D eigenvalue weighted by atomic mass is 79.9. The molecule has 0 aliphatic heterocycles. The smallest absolute Gasteiger partial charge is 0.174 e. The Morgan fingerprint density at radius 1 is 0.750 bits per heavy atom. The molecule has 0 saturated carbocycles.